The average molecular weight is 217 g/mol. The number of aliphatic carboxylic acids is 2. The number of nitrogens with one attached hydrogen (secondary N) is 1. The van der Waals surface area contributed by atoms with Gasteiger partial charge in [0.2, 0.25) is 6.54 Å². The first-order valence-corrected chi connectivity index (χ1v) is 4.55. The SMILES string of the molecule is O=C(O)CN[N+]1(CC(=O)O)CCCC1=O. The Kier molecular flexibility index (Phi) is 3.38. The summed E-state index contributed by atoms with van der Waals surface area (Å²) in [5.74, 6) is -2.50. The number of nitrogens with zero attached hydrogens (tertiary/aromatic N) is 1. The summed E-state index contributed by atoms with van der Waals surface area (Å²) < 4.78 is -0.457. The summed E-state index contributed by atoms with van der Waals surface area (Å²) in [4.78, 5) is 32.5. The van der Waals surface area contributed by atoms with Crippen molar-refractivity contribution in [2.75, 3.05) is 19.6 Å². The Labute approximate surface area is 85.9 Å². The topological polar surface area (TPSA) is 104 Å². The molecule has 0 aromatic rings. The van der Waals surface area contributed by atoms with Crippen LogP contribution >= 0.6 is 0 Å². The summed E-state index contributed by atoms with van der Waals surface area (Å²) in [5, 5.41) is 17.1. The van der Waals surface area contributed by atoms with Crippen LogP contribution in [0.2, 0.25) is 0 Å². The Morgan fingerprint density at radius 2 is 2.00 bits per heavy atom. The number of hydrogen-bond donors (Lipinski definition) is 3. The molecule has 0 spiro atoms. The quantitative estimate of drug-likeness (QED) is 0.499. The zero-order chi connectivity index (χ0) is 11.5. The third-order valence-corrected chi connectivity index (χ3v) is 2.35. The second kappa shape index (κ2) is 4.37. The molecule has 0 radical (unpaired) electrons. The first-order chi connectivity index (χ1) is 6.96. The van der Waals surface area contributed by atoms with Crippen molar-refractivity contribution in [1.29, 1.82) is 0 Å². The van der Waals surface area contributed by atoms with Crippen molar-refractivity contribution in [3.63, 3.8) is 0 Å². The van der Waals surface area contributed by atoms with Gasteiger partial charge in [0, 0.05) is 6.42 Å². The summed E-state index contributed by atoms with van der Waals surface area (Å²) >= 11 is 0. The fourth-order valence-electron chi connectivity index (χ4n) is 1.68. The first kappa shape index (κ1) is 11.6. The van der Waals surface area contributed by atoms with Gasteiger partial charge in [0.05, 0.1) is 6.42 Å². The van der Waals surface area contributed by atoms with E-state index in [2.05, 4.69) is 5.43 Å². The molecule has 7 heteroatoms. The predicted molar refractivity (Wildman–Crippen MR) is 47.5 cm³/mol. The lowest BCUT2D eigenvalue weighted by Crippen LogP contribution is -2.62. The van der Waals surface area contributed by atoms with Crippen LogP contribution < -0.4 is 5.43 Å². The van der Waals surface area contributed by atoms with Crippen LogP contribution in [0.15, 0.2) is 0 Å². The third-order valence-electron chi connectivity index (χ3n) is 2.35. The molecule has 15 heavy (non-hydrogen) atoms. The lowest BCUT2D eigenvalue weighted by Gasteiger charge is -2.28. The molecule has 0 aliphatic carbocycles. The zero-order valence-electron chi connectivity index (χ0n) is 8.10. The lowest BCUT2D eigenvalue weighted by molar-refractivity contribution is -0.883. The van der Waals surface area contributed by atoms with Gasteiger partial charge in [-0.25, -0.2) is 9.59 Å². The van der Waals surface area contributed by atoms with E-state index in [0.29, 0.717) is 19.4 Å². The van der Waals surface area contributed by atoms with Crippen LogP contribution in [0.3, 0.4) is 0 Å². The molecular formula is C8H13N2O5+. The highest BCUT2D eigenvalue weighted by atomic mass is 16.4. The van der Waals surface area contributed by atoms with Gasteiger partial charge >= 0.3 is 17.8 Å². The molecule has 1 aliphatic heterocycles. The summed E-state index contributed by atoms with van der Waals surface area (Å²) in [6.45, 7) is -0.496. The van der Waals surface area contributed by atoms with E-state index in [1.54, 1.807) is 0 Å². The number of carboxylic acid groups (broad SMARTS) is 2. The maximum atomic E-state index is 11.5. The molecule has 84 valence electrons. The molecule has 1 unspecified atom stereocenters. The van der Waals surface area contributed by atoms with Crippen LogP contribution in [-0.2, 0) is 14.4 Å². The molecule has 1 heterocycles. The lowest BCUT2D eigenvalue weighted by atomic mass is 10.4. The molecule has 7 nitrogen and oxygen atoms in total. The highest BCUT2D eigenvalue weighted by Crippen LogP contribution is 2.17. The molecule has 1 saturated heterocycles. The molecule has 1 rings (SSSR count). The first-order valence-electron chi connectivity index (χ1n) is 4.55. The predicted octanol–water partition coefficient (Wildman–Crippen LogP) is -1.20. The fraction of sp³-hybridized carbons (Fsp3) is 0.625. The Morgan fingerprint density at radius 1 is 1.33 bits per heavy atom. The van der Waals surface area contributed by atoms with Gasteiger partial charge in [-0.3, -0.25) is 4.79 Å². The highest BCUT2D eigenvalue weighted by Gasteiger charge is 2.44. The Morgan fingerprint density at radius 3 is 2.40 bits per heavy atom. The minimum Gasteiger partial charge on any atom is -0.480 e. The van der Waals surface area contributed by atoms with Crippen LogP contribution in [0.5, 0.6) is 0 Å². The second-order valence-electron chi connectivity index (χ2n) is 3.47. The smallest absolute Gasteiger partial charge is 0.361 e. The van der Waals surface area contributed by atoms with Crippen molar-refractivity contribution in [3.05, 3.63) is 0 Å². The Hall–Kier alpha value is -1.47. The molecule has 0 bridgehead atoms. The van der Waals surface area contributed by atoms with Gasteiger partial charge in [-0.1, -0.05) is 0 Å². The number of carbonyl (C=O) groups excluding carboxylic acids is 1. The van der Waals surface area contributed by atoms with Crippen LogP contribution in [0.25, 0.3) is 0 Å². The summed E-state index contributed by atoms with van der Waals surface area (Å²) in [6, 6.07) is 0. The highest BCUT2D eigenvalue weighted by molar-refractivity contribution is 5.76. The molecule has 3 N–H and O–H groups in total. The molecule has 0 aromatic heterocycles. The van der Waals surface area contributed by atoms with Gasteiger partial charge < -0.3 is 10.2 Å². The average Bonchev–Trinajstić information content (AvgIpc) is 2.44. The number of quaternary nitrogens is 1. The van der Waals surface area contributed by atoms with Gasteiger partial charge in [0.15, 0.2) is 0 Å². The minimum absolute atomic E-state index is 0.265. The Bertz CT molecular complexity index is 303. The van der Waals surface area contributed by atoms with E-state index in [9.17, 15) is 14.4 Å². The van der Waals surface area contributed by atoms with Gasteiger partial charge in [-0.15, -0.1) is 5.43 Å². The van der Waals surface area contributed by atoms with E-state index < -0.39 is 29.6 Å². The van der Waals surface area contributed by atoms with Crippen molar-refractivity contribution >= 4 is 17.8 Å². The van der Waals surface area contributed by atoms with Crippen molar-refractivity contribution in [2.24, 2.45) is 0 Å². The molecular weight excluding hydrogens is 204 g/mol. The van der Waals surface area contributed by atoms with Crippen molar-refractivity contribution in [3.8, 4) is 0 Å². The molecule has 1 amide bonds. The van der Waals surface area contributed by atoms with Gasteiger partial charge in [-0.05, 0) is 0 Å². The van der Waals surface area contributed by atoms with Crippen LogP contribution in [-0.4, -0.2) is 52.3 Å². The van der Waals surface area contributed by atoms with E-state index in [0.717, 1.165) is 0 Å². The fourth-order valence-corrected chi connectivity index (χ4v) is 1.68. The number of carbonyl (C=O) groups is 3. The molecule has 0 saturated carbocycles. The molecule has 1 atom stereocenters. The van der Waals surface area contributed by atoms with Crippen molar-refractivity contribution < 1.29 is 29.2 Å². The molecule has 1 fully saturated rings. The maximum Gasteiger partial charge on any atom is 0.361 e. The number of hydrogen-bond acceptors (Lipinski definition) is 4. The van der Waals surface area contributed by atoms with E-state index in [1.807, 2.05) is 0 Å². The van der Waals surface area contributed by atoms with Gasteiger partial charge in [0.25, 0.3) is 0 Å². The van der Waals surface area contributed by atoms with Gasteiger partial charge in [0.1, 0.15) is 13.1 Å². The number of carboxylic acids is 2. The van der Waals surface area contributed by atoms with E-state index in [1.165, 1.54) is 0 Å². The summed E-state index contributed by atoms with van der Waals surface area (Å²) in [5.41, 5.74) is 2.48. The molecule has 1 aliphatic rings. The monoisotopic (exact) mass is 217 g/mol. The summed E-state index contributed by atoms with van der Waals surface area (Å²) in [6.07, 6.45) is 0.874. The largest absolute Gasteiger partial charge is 0.480 e. The van der Waals surface area contributed by atoms with E-state index in [4.69, 9.17) is 10.2 Å². The van der Waals surface area contributed by atoms with E-state index in [-0.39, 0.29) is 5.91 Å². The van der Waals surface area contributed by atoms with E-state index >= 15 is 0 Å². The minimum atomic E-state index is -1.12. The van der Waals surface area contributed by atoms with Crippen LogP contribution in [0, 0.1) is 0 Å². The third kappa shape index (κ3) is 2.74. The summed E-state index contributed by atoms with van der Waals surface area (Å²) in [7, 11) is 0. The zero-order valence-corrected chi connectivity index (χ0v) is 8.10. The number of rotatable bonds is 5. The number of likely N-dealkylation sites (tertiary alicyclic amines) is 1. The van der Waals surface area contributed by atoms with Crippen molar-refractivity contribution in [2.45, 2.75) is 12.8 Å². The standard InChI is InChI=1S/C8H12N2O5/c11-6-2-1-3-10(6,5-8(14)15)9-4-7(12)13/h9H,1-5H2,(H-,12,13,14,15)/p+1. The van der Waals surface area contributed by atoms with Crippen molar-refractivity contribution in [1.82, 2.24) is 5.43 Å². The van der Waals surface area contributed by atoms with Crippen LogP contribution in [0.4, 0.5) is 0 Å². The van der Waals surface area contributed by atoms with Gasteiger partial charge in [-0.2, -0.15) is 4.59 Å². The molecule has 0 aromatic carbocycles. The number of amides is 1. The maximum absolute atomic E-state index is 11.5. The Balaban J connectivity index is 2.72. The normalized spacial score (nSPS) is 25.5. The van der Waals surface area contributed by atoms with Crippen LogP contribution in [0.1, 0.15) is 12.8 Å². The second-order valence-corrected chi connectivity index (χ2v) is 3.47.